The van der Waals surface area contributed by atoms with Gasteiger partial charge in [0.15, 0.2) is 0 Å². The van der Waals surface area contributed by atoms with Gasteiger partial charge in [0.2, 0.25) is 5.69 Å². The molecule has 0 aliphatic carbocycles. The summed E-state index contributed by atoms with van der Waals surface area (Å²) in [6.07, 6.45) is 2.98. The maximum atomic E-state index is 13.2. The van der Waals surface area contributed by atoms with Crippen LogP contribution in [0.5, 0.6) is 11.5 Å². The standard InChI is InChI=1S/C30H27N2O4.Y/c1-20-7-3-4-8-23(20)29-25(24-18-26(31-2)27(33)19-28(24)36-30(29)34)17-21-9-11-22(12-10-21)35-16-15-32-13-5-6-14-32;/h4,7-12,18-19,33H,5-6,13-17H2,1H3;/q-1;. The van der Waals surface area contributed by atoms with Crippen LogP contribution in [0.25, 0.3) is 26.9 Å². The van der Waals surface area contributed by atoms with Crippen molar-refractivity contribution in [1.82, 2.24) is 4.90 Å². The van der Waals surface area contributed by atoms with Crippen molar-refractivity contribution in [2.75, 3.05) is 26.2 Å². The Morgan fingerprint density at radius 1 is 1.16 bits per heavy atom. The maximum absolute atomic E-state index is 13.2. The second-order valence-corrected chi connectivity index (χ2v) is 9.15. The Morgan fingerprint density at radius 3 is 2.62 bits per heavy atom. The van der Waals surface area contributed by atoms with Gasteiger partial charge in [0.05, 0.1) is 6.57 Å². The third-order valence-corrected chi connectivity index (χ3v) is 6.75. The van der Waals surface area contributed by atoms with Crippen molar-refractivity contribution < 1.29 is 47.0 Å². The number of aromatic hydroxyl groups is 1. The number of benzene rings is 3. The van der Waals surface area contributed by atoms with Gasteiger partial charge in [-0.1, -0.05) is 19.1 Å². The van der Waals surface area contributed by atoms with E-state index in [-0.39, 0.29) is 49.7 Å². The number of hydrogen-bond acceptors (Lipinski definition) is 5. The summed E-state index contributed by atoms with van der Waals surface area (Å²) in [5, 5.41) is 10.8. The first-order chi connectivity index (χ1) is 17.5. The molecule has 7 heteroatoms. The molecule has 6 nitrogen and oxygen atoms in total. The van der Waals surface area contributed by atoms with E-state index in [0.717, 1.165) is 47.6 Å². The fraction of sp³-hybridized carbons (Fsp3) is 0.267. The van der Waals surface area contributed by atoms with Gasteiger partial charge in [-0.25, -0.2) is 9.64 Å². The summed E-state index contributed by atoms with van der Waals surface area (Å²) in [6, 6.07) is 19.3. The summed E-state index contributed by atoms with van der Waals surface area (Å²) >= 11 is 0. The third-order valence-electron chi connectivity index (χ3n) is 6.75. The second kappa shape index (κ2) is 12.0. The van der Waals surface area contributed by atoms with Gasteiger partial charge >= 0.3 is 5.63 Å². The molecule has 1 radical (unpaired) electrons. The van der Waals surface area contributed by atoms with Crippen LogP contribution < -0.4 is 10.4 Å². The Labute approximate surface area is 241 Å². The number of ether oxygens (including phenoxy) is 1. The number of phenolic OH excluding ortho intramolecular Hbond substituents is 1. The van der Waals surface area contributed by atoms with E-state index in [9.17, 15) is 9.90 Å². The van der Waals surface area contributed by atoms with Gasteiger partial charge in [0, 0.05) is 56.3 Å². The fourth-order valence-electron chi connectivity index (χ4n) is 4.83. The minimum atomic E-state index is -0.483. The minimum Gasteiger partial charge on any atom is -0.519 e. The van der Waals surface area contributed by atoms with Crippen molar-refractivity contribution in [1.29, 1.82) is 0 Å². The normalized spacial score (nSPS) is 13.3. The number of nitrogens with zero attached hydrogens (tertiary/aromatic N) is 2. The van der Waals surface area contributed by atoms with Gasteiger partial charge in [-0.05, 0) is 61.7 Å². The molecule has 0 bridgehead atoms. The molecule has 0 amide bonds. The first-order valence-corrected chi connectivity index (χ1v) is 12.1. The first kappa shape index (κ1) is 27.1. The SMILES string of the molecule is [C-]#[N+]c1cc2c(Cc3ccc(OCCN4CCCC4)cc3)c(-c3cc[c-]cc3C)c(=O)oc2cc1O.[Y]. The summed E-state index contributed by atoms with van der Waals surface area (Å²) in [5.41, 5.74) is 3.75. The summed E-state index contributed by atoms with van der Waals surface area (Å²) < 4.78 is 11.6. The van der Waals surface area contributed by atoms with E-state index in [1.165, 1.54) is 18.9 Å². The molecule has 185 valence electrons. The van der Waals surface area contributed by atoms with Crippen molar-refractivity contribution >= 4 is 16.7 Å². The van der Waals surface area contributed by atoms with E-state index in [1.54, 1.807) is 12.1 Å². The summed E-state index contributed by atoms with van der Waals surface area (Å²) in [4.78, 5) is 19.1. The van der Waals surface area contributed by atoms with E-state index >= 15 is 0 Å². The predicted octanol–water partition coefficient (Wildman–Crippen LogP) is 5.89. The molecule has 2 heterocycles. The van der Waals surface area contributed by atoms with Crippen LogP contribution >= 0.6 is 0 Å². The molecule has 3 aromatic carbocycles. The number of hydrogen-bond donors (Lipinski definition) is 1. The van der Waals surface area contributed by atoms with Crippen molar-refractivity contribution in [3.05, 3.63) is 99.2 Å². The van der Waals surface area contributed by atoms with Gasteiger partial charge in [-0.15, -0.1) is 5.56 Å². The zero-order chi connectivity index (χ0) is 25.1. The molecule has 0 saturated carbocycles. The predicted molar refractivity (Wildman–Crippen MR) is 140 cm³/mol. The molecule has 0 unspecified atom stereocenters. The Hall–Kier alpha value is -2.98. The molecule has 4 aromatic rings. The quantitative estimate of drug-likeness (QED) is 0.223. The minimum absolute atomic E-state index is 0. The number of rotatable bonds is 7. The molecule has 1 aliphatic heterocycles. The largest absolute Gasteiger partial charge is 0.519 e. The number of aryl methyl sites for hydroxylation is 1. The fourth-order valence-corrected chi connectivity index (χ4v) is 4.83. The molecule has 1 aliphatic rings. The first-order valence-electron chi connectivity index (χ1n) is 12.1. The van der Waals surface area contributed by atoms with Crippen LogP contribution in [0.15, 0.2) is 63.8 Å². The van der Waals surface area contributed by atoms with Crippen LogP contribution in [-0.4, -0.2) is 36.2 Å². The van der Waals surface area contributed by atoms with Crippen LogP contribution in [0.3, 0.4) is 0 Å². The van der Waals surface area contributed by atoms with Gasteiger partial charge in [-0.3, -0.25) is 4.90 Å². The smallest absolute Gasteiger partial charge is 0.342 e. The molecule has 37 heavy (non-hydrogen) atoms. The molecule has 1 N–H and O–H groups in total. The van der Waals surface area contributed by atoms with Gasteiger partial charge in [0.25, 0.3) is 0 Å². The average molecular weight is 568 g/mol. The summed E-state index contributed by atoms with van der Waals surface area (Å²) in [6.45, 7) is 13.2. The topological polar surface area (TPSA) is 67.3 Å². The van der Waals surface area contributed by atoms with E-state index in [1.807, 2.05) is 43.3 Å². The molecule has 1 aromatic heterocycles. The van der Waals surface area contributed by atoms with E-state index in [2.05, 4.69) is 15.8 Å². The Bertz CT molecular complexity index is 1500. The molecular formula is C30H27N2O4Y-. The van der Waals surface area contributed by atoms with Gasteiger partial charge in [-0.2, -0.15) is 29.8 Å². The van der Waals surface area contributed by atoms with Crippen LogP contribution in [0.4, 0.5) is 5.69 Å². The summed E-state index contributed by atoms with van der Waals surface area (Å²) in [5.74, 6) is 0.602. The Morgan fingerprint density at radius 2 is 1.92 bits per heavy atom. The number of fused-ring (bicyclic) bond motifs is 1. The van der Waals surface area contributed by atoms with E-state index in [4.69, 9.17) is 15.7 Å². The monoisotopic (exact) mass is 568 g/mol. The molecule has 0 spiro atoms. The maximum Gasteiger partial charge on any atom is 0.342 e. The zero-order valence-electron chi connectivity index (χ0n) is 20.8. The van der Waals surface area contributed by atoms with Gasteiger partial charge in [0.1, 0.15) is 23.7 Å². The van der Waals surface area contributed by atoms with Crippen molar-refractivity contribution in [3.63, 3.8) is 0 Å². The van der Waals surface area contributed by atoms with Crippen molar-refractivity contribution in [2.24, 2.45) is 0 Å². The molecule has 5 rings (SSSR count). The van der Waals surface area contributed by atoms with Crippen LogP contribution in [0.2, 0.25) is 0 Å². The number of phenols is 1. The molecule has 0 atom stereocenters. The molecular weight excluding hydrogens is 541 g/mol. The van der Waals surface area contributed by atoms with E-state index < -0.39 is 5.63 Å². The molecule has 1 fully saturated rings. The Balaban J connectivity index is 0.00000320. The average Bonchev–Trinajstić information content (AvgIpc) is 3.39. The third kappa shape index (κ3) is 5.96. The van der Waals surface area contributed by atoms with Crippen LogP contribution in [0.1, 0.15) is 29.5 Å². The van der Waals surface area contributed by atoms with E-state index in [0.29, 0.717) is 24.0 Å². The van der Waals surface area contributed by atoms with Crippen molar-refractivity contribution in [2.45, 2.75) is 26.2 Å². The summed E-state index contributed by atoms with van der Waals surface area (Å²) in [7, 11) is 0. The molecule has 1 saturated heterocycles. The number of likely N-dealkylation sites (tertiary alicyclic amines) is 1. The van der Waals surface area contributed by atoms with Crippen molar-refractivity contribution in [3.8, 4) is 22.6 Å². The second-order valence-electron chi connectivity index (χ2n) is 9.15. The zero-order valence-corrected chi connectivity index (χ0v) is 23.6. The van der Waals surface area contributed by atoms with Crippen LogP contribution in [-0.2, 0) is 39.1 Å². The Kier molecular flexibility index (Phi) is 8.81. The van der Waals surface area contributed by atoms with Crippen LogP contribution in [0, 0.1) is 19.6 Å². The van der Waals surface area contributed by atoms with Gasteiger partial charge < -0.3 is 14.3 Å².